The molecule has 0 heterocycles. The summed E-state index contributed by atoms with van der Waals surface area (Å²) < 4.78 is 4.80. The number of nitrogen functional groups attached to an aromatic ring is 1. The molecular formula is C14H22N2O2. The predicted octanol–water partition coefficient (Wildman–Crippen LogP) is 2.04. The summed E-state index contributed by atoms with van der Waals surface area (Å²) in [7, 11) is 1.42. The van der Waals surface area contributed by atoms with Gasteiger partial charge >= 0.3 is 5.97 Å². The molecule has 0 aliphatic rings. The minimum atomic E-state index is -0.255. The standard InChI is InChI=1S/C14H22N2O2/c1-4-9-16(11(2)14(17)18-3)10-12-7-5-6-8-13(12)15/h5-8,11H,4,9-10,15H2,1-3H3. The molecule has 100 valence electrons. The lowest BCUT2D eigenvalue weighted by Crippen LogP contribution is -2.39. The van der Waals surface area contributed by atoms with Crippen molar-refractivity contribution in [2.24, 2.45) is 0 Å². The van der Waals surface area contributed by atoms with Gasteiger partial charge in [0.25, 0.3) is 0 Å². The molecule has 0 saturated heterocycles. The minimum Gasteiger partial charge on any atom is -0.468 e. The molecule has 1 atom stereocenters. The Morgan fingerprint density at radius 2 is 2.11 bits per heavy atom. The van der Waals surface area contributed by atoms with E-state index in [0.29, 0.717) is 6.54 Å². The number of nitrogens with zero attached hydrogens (tertiary/aromatic N) is 1. The van der Waals surface area contributed by atoms with E-state index in [0.717, 1.165) is 24.2 Å². The average Bonchev–Trinajstić information content (AvgIpc) is 2.39. The molecule has 1 rings (SSSR count). The van der Waals surface area contributed by atoms with E-state index < -0.39 is 0 Å². The molecule has 0 bridgehead atoms. The van der Waals surface area contributed by atoms with E-state index in [2.05, 4.69) is 11.8 Å². The summed E-state index contributed by atoms with van der Waals surface area (Å²) in [6.07, 6.45) is 0.980. The van der Waals surface area contributed by atoms with Crippen LogP contribution in [-0.2, 0) is 16.1 Å². The van der Waals surface area contributed by atoms with E-state index in [9.17, 15) is 4.79 Å². The summed E-state index contributed by atoms with van der Waals surface area (Å²) in [5, 5.41) is 0. The number of esters is 1. The maximum absolute atomic E-state index is 11.6. The Bertz CT molecular complexity index is 393. The summed E-state index contributed by atoms with van der Waals surface area (Å²) in [6.45, 7) is 5.45. The summed E-state index contributed by atoms with van der Waals surface area (Å²) in [5.41, 5.74) is 7.73. The average molecular weight is 250 g/mol. The van der Waals surface area contributed by atoms with Crippen molar-refractivity contribution in [3.63, 3.8) is 0 Å². The van der Waals surface area contributed by atoms with Crippen molar-refractivity contribution in [2.75, 3.05) is 19.4 Å². The number of hydrogen-bond donors (Lipinski definition) is 1. The van der Waals surface area contributed by atoms with Crippen LogP contribution in [0.3, 0.4) is 0 Å². The van der Waals surface area contributed by atoms with Gasteiger partial charge in [0.1, 0.15) is 6.04 Å². The van der Waals surface area contributed by atoms with Crippen LogP contribution in [0.2, 0.25) is 0 Å². The van der Waals surface area contributed by atoms with Crippen molar-refractivity contribution in [2.45, 2.75) is 32.9 Å². The third-order valence-electron chi connectivity index (χ3n) is 3.03. The lowest BCUT2D eigenvalue weighted by Gasteiger charge is -2.27. The number of rotatable bonds is 6. The van der Waals surface area contributed by atoms with Gasteiger partial charge in [0.05, 0.1) is 7.11 Å². The smallest absolute Gasteiger partial charge is 0.322 e. The molecule has 0 aromatic heterocycles. The van der Waals surface area contributed by atoms with Crippen molar-refractivity contribution in [3.05, 3.63) is 29.8 Å². The Morgan fingerprint density at radius 3 is 2.67 bits per heavy atom. The minimum absolute atomic E-state index is 0.210. The van der Waals surface area contributed by atoms with Crippen LogP contribution in [0.1, 0.15) is 25.8 Å². The first-order chi connectivity index (χ1) is 8.60. The highest BCUT2D eigenvalue weighted by Gasteiger charge is 2.21. The highest BCUT2D eigenvalue weighted by Crippen LogP contribution is 2.16. The van der Waals surface area contributed by atoms with Crippen LogP contribution >= 0.6 is 0 Å². The van der Waals surface area contributed by atoms with Crippen molar-refractivity contribution in [3.8, 4) is 0 Å². The van der Waals surface area contributed by atoms with Crippen molar-refractivity contribution in [1.82, 2.24) is 4.90 Å². The molecule has 0 aliphatic carbocycles. The molecule has 2 N–H and O–H groups in total. The maximum atomic E-state index is 11.6. The third-order valence-corrected chi connectivity index (χ3v) is 3.03. The van der Waals surface area contributed by atoms with Crippen molar-refractivity contribution < 1.29 is 9.53 Å². The van der Waals surface area contributed by atoms with Crippen molar-refractivity contribution in [1.29, 1.82) is 0 Å². The number of carbonyl (C=O) groups excluding carboxylic acids is 1. The van der Waals surface area contributed by atoms with E-state index in [1.165, 1.54) is 7.11 Å². The highest BCUT2D eigenvalue weighted by molar-refractivity contribution is 5.75. The van der Waals surface area contributed by atoms with E-state index >= 15 is 0 Å². The third kappa shape index (κ3) is 3.74. The Balaban J connectivity index is 2.80. The Morgan fingerprint density at radius 1 is 1.44 bits per heavy atom. The summed E-state index contributed by atoms with van der Waals surface area (Å²) in [4.78, 5) is 13.7. The van der Waals surface area contributed by atoms with Crippen LogP contribution in [0.15, 0.2) is 24.3 Å². The monoisotopic (exact) mass is 250 g/mol. The quantitative estimate of drug-likeness (QED) is 0.620. The van der Waals surface area contributed by atoms with Gasteiger partial charge in [-0.15, -0.1) is 0 Å². The molecular weight excluding hydrogens is 228 g/mol. The second kappa shape index (κ2) is 7.01. The van der Waals surface area contributed by atoms with Crippen molar-refractivity contribution >= 4 is 11.7 Å². The summed E-state index contributed by atoms with van der Waals surface area (Å²) in [5.74, 6) is -0.210. The van der Waals surface area contributed by atoms with Gasteiger partial charge in [-0.25, -0.2) is 0 Å². The summed E-state index contributed by atoms with van der Waals surface area (Å²) >= 11 is 0. The second-order valence-corrected chi connectivity index (χ2v) is 4.37. The second-order valence-electron chi connectivity index (χ2n) is 4.37. The van der Waals surface area contributed by atoms with Gasteiger partial charge in [-0.1, -0.05) is 25.1 Å². The highest BCUT2D eigenvalue weighted by atomic mass is 16.5. The Hall–Kier alpha value is -1.55. The number of carbonyl (C=O) groups is 1. The molecule has 0 fully saturated rings. The van der Waals surface area contributed by atoms with Gasteiger partial charge in [-0.05, 0) is 31.5 Å². The molecule has 0 amide bonds. The van der Waals surface area contributed by atoms with Crippen LogP contribution in [-0.4, -0.2) is 30.6 Å². The molecule has 0 aliphatic heterocycles. The first kappa shape index (κ1) is 14.5. The molecule has 0 saturated carbocycles. The van der Waals surface area contributed by atoms with Crippen LogP contribution in [0, 0.1) is 0 Å². The fourth-order valence-electron chi connectivity index (χ4n) is 1.91. The SMILES string of the molecule is CCCN(Cc1ccccc1N)C(C)C(=O)OC. The largest absolute Gasteiger partial charge is 0.468 e. The zero-order valence-electron chi connectivity index (χ0n) is 11.3. The lowest BCUT2D eigenvalue weighted by atomic mass is 10.1. The van der Waals surface area contributed by atoms with Crippen LogP contribution in [0.4, 0.5) is 5.69 Å². The van der Waals surface area contributed by atoms with E-state index in [1.54, 1.807) is 0 Å². The zero-order chi connectivity index (χ0) is 13.5. The van der Waals surface area contributed by atoms with E-state index in [1.807, 2.05) is 31.2 Å². The number of para-hydroxylation sites is 1. The number of nitrogens with two attached hydrogens (primary N) is 1. The van der Waals surface area contributed by atoms with Crippen LogP contribution < -0.4 is 5.73 Å². The first-order valence-electron chi connectivity index (χ1n) is 6.25. The number of methoxy groups -OCH3 is 1. The number of hydrogen-bond acceptors (Lipinski definition) is 4. The molecule has 1 aromatic carbocycles. The fourth-order valence-corrected chi connectivity index (χ4v) is 1.91. The maximum Gasteiger partial charge on any atom is 0.322 e. The van der Waals surface area contributed by atoms with Gasteiger partial charge in [-0.3, -0.25) is 9.69 Å². The number of anilines is 1. The predicted molar refractivity (Wildman–Crippen MR) is 73.0 cm³/mol. The first-order valence-corrected chi connectivity index (χ1v) is 6.25. The molecule has 1 unspecified atom stereocenters. The molecule has 1 aromatic rings. The molecule has 18 heavy (non-hydrogen) atoms. The molecule has 0 radical (unpaired) electrons. The number of ether oxygens (including phenoxy) is 1. The van der Waals surface area contributed by atoms with Crippen LogP contribution in [0.5, 0.6) is 0 Å². The zero-order valence-corrected chi connectivity index (χ0v) is 11.3. The van der Waals surface area contributed by atoms with Gasteiger partial charge in [0.15, 0.2) is 0 Å². The molecule has 4 heteroatoms. The normalized spacial score (nSPS) is 12.4. The van der Waals surface area contributed by atoms with Crippen LogP contribution in [0.25, 0.3) is 0 Å². The Labute approximate surface area is 109 Å². The van der Waals surface area contributed by atoms with Gasteiger partial charge in [-0.2, -0.15) is 0 Å². The van der Waals surface area contributed by atoms with Gasteiger partial charge in [0, 0.05) is 12.2 Å². The molecule has 0 spiro atoms. The van der Waals surface area contributed by atoms with E-state index in [4.69, 9.17) is 10.5 Å². The van der Waals surface area contributed by atoms with E-state index in [-0.39, 0.29) is 12.0 Å². The molecule has 4 nitrogen and oxygen atoms in total. The number of benzene rings is 1. The topological polar surface area (TPSA) is 55.6 Å². The summed E-state index contributed by atoms with van der Waals surface area (Å²) in [6, 6.07) is 7.48. The fraction of sp³-hybridized carbons (Fsp3) is 0.500. The Kier molecular flexibility index (Phi) is 5.65. The van der Waals surface area contributed by atoms with Gasteiger partial charge in [0.2, 0.25) is 0 Å². The lowest BCUT2D eigenvalue weighted by molar-refractivity contribution is -0.146. The van der Waals surface area contributed by atoms with Gasteiger partial charge < -0.3 is 10.5 Å².